The summed E-state index contributed by atoms with van der Waals surface area (Å²) in [6.07, 6.45) is -2.64. The van der Waals surface area contributed by atoms with Crippen molar-refractivity contribution in [3.05, 3.63) is 10.1 Å². The Kier molecular flexibility index (Phi) is 3.75. The second-order valence-electron chi connectivity index (χ2n) is 1.60. The molecule has 0 amide bonds. The van der Waals surface area contributed by atoms with E-state index < -0.39 is 25.2 Å². The summed E-state index contributed by atoms with van der Waals surface area (Å²) in [7, 11) is -5.14. The van der Waals surface area contributed by atoms with Gasteiger partial charge in [0, 0.05) is 0 Å². The number of nitrogens with zero attached hydrogens (tertiary/aromatic N) is 1. The van der Waals surface area contributed by atoms with Crippen molar-refractivity contribution in [2.75, 3.05) is 0 Å². The van der Waals surface area contributed by atoms with Gasteiger partial charge in [-0.3, -0.25) is 4.84 Å². The Morgan fingerprint density at radius 1 is 1.54 bits per heavy atom. The molecule has 0 saturated carbocycles. The van der Waals surface area contributed by atoms with E-state index >= 15 is 0 Å². The molecule has 0 radical (unpaired) electrons. The molecule has 0 aliphatic rings. The lowest BCUT2D eigenvalue weighted by atomic mass is 10.7. The molecule has 0 aliphatic heterocycles. The van der Waals surface area contributed by atoms with Gasteiger partial charge in [0.25, 0.3) is 5.09 Å². The van der Waals surface area contributed by atoms with Gasteiger partial charge in [0.15, 0.2) is 0 Å². The number of aliphatic carboxylic acids is 1. The lowest BCUT2D eigenvalue weighted by Crippen LogP contribution is -2.28. The van der Waals surface area contributed by atoms with Gasteiger partial charge in [0.1, 0.15) is 0 Å². The Labute approximate surface area is 70.0 Å². The van der Waals surface area contributed by atoms with Crippen molar-refractivity contribution in [1.82, 2.24) is 0 Å². The van der Waals surface area contributed by atoms with Crippen LogP contribution >= 0.6 is 7.82 Å². The second-order valence-corrected chi connectivity index (χ2v) is 2.79. The maximum absolute atomic E-state index is 10.0. The average Bonchev–Trinajstić information content (AvgIpc) is 1.81. The Morgan fingerprint density at radius 2 is 2.00 bits per heavy atom. The molecule has 0 spiro atoms. The van der Waals surface area contributed by atoms with E-state index in [1.807, 2.05) is 0 Å². The predicted octanol–water partition coefficient (Wildman–Crippen LogP) is -1.29. The van der Waals surface area contributed by atoms with Gasteiger partial charge in [-0.05, 0) is 0 Å². The largest absolute Gasteiger partial charge is 0.478 e. The standard InChI is InChI=1S/C2H4NO9P/c4-1(5)2(11-3(6)7)12-13(8,9)10/h2H,(H,4,5)(H2,8,9,10). The molecule has 0 fully saturated rings. The van der Waals surface area contributed by atoms with Gasteiger partial charge in [0.2, 0.25) is 0 Å². The van der Waals surface area contributed by atoms with Crippen molar-refractivity contribution in [2.24, 2.45) is 0 Å². The average molecular weight is 217 g/mol. The maximum Gasteiger partial charge on any atom is 0.472 e. The van der Waals surface area contributed by atoms with E-state index in [4.69, 9.17) is 14.9 Å². The highest BCUT2D eigenvalue weighted by Crippen LogP contribution is 2.37. The lowest BCUT2D eigenvalue weighted by Gasteiger charge is -2.10. The van der Waals surface area contributed by atoms with Crippen molar-refractivity contribution in [3.63, 3.8) is 0 Å². The molecule has 1 unspecified atom stereocenters. The van der Waals surface area contributed by atoms with Crippen molar-refractivity contribution < 1.29 is 38.7 Å². The lowest BCUT2D eigenvalue weighted by molar-refractivity contribution is -0.773. The molecule has 11 heteroatoms. The summed E-state index contributed by atoms with van der Waals surface area (Å²) in [5.41, 5.74) is 0. The summed E-state index contributed by atoms with van der Waals surface area (Å²) in [6, 6.07) is 0. The fourth-order valence-electron chi connectivity index (χ4n) is 0.312. The van der Waals surface area contributed by atoms with Crippen molar-refractivity contribution in [2.45, 2.75) is 6.29 Å². The fourth-order valence-corrected chi connectivity index (χ4v) is 0.690. The molecular weight excluding hydrogens is 213 g/mol. The molecule has 0 bridgehead atoms. The van der Waals surface area contributed by atoms with Crippen LogP contribution in [0.3, 0.4) is 0 Å². The van der Waals surface area contributed by atoms with Crippen LogP contribution in [0.15, 0.2) is 0 Å². The van der Waals surface area contributed by atoms with Crippen molar-refractivity contribution >= 4 is 13.8 Å². The van der Waals surface area contributed by atoms with Crippen LogP contribution in [0.25, 0.3) is 0 Å². The third-order valence-corrected chi connectivity index (χ3v) is 1.08. The summed E-state index contributed by atoms with van der Waals surface area (Å²) < 4.78 is 13.4. The number of phosphoric acid groups is 1. The Hall–Kier alpha value is -1.22. The van der Waals surface area contributed by atoms with Crippen molar-refractivity contribution in [3.8, 4) is 0 Å². The third kappa shape index (κ3) is 5.99. The highest BCUT2D eigenvalue weighted by molar-refractivity contribution is 7.46. The SMILES string of the molecule is O=C(O)C(O[N+](=O)[O-])OP(=O)(O)O. The number of hydrogen-bond acceptors (Lipinski definition) is 6. The summed E-state index contributed by atoms with van der Waals surface area (Å²) in [5.74, 6) is -2.03. The van der Waals surface area contributed by atoms with Crippen LogP contribution in [0.1, 0.15) is 0 Å². The Bertz CT molecular complexity index is 254. The monoisotopic (exact) mass is 217 g/mol. The zero-order valence-corrected chi connectivity index (χ0v) is 6.66. The van der Waals surface area contributed by atoms with Crippen LogP contribution in [0, 0.1) is 10.1 Å². The first-order valence-electron chi connectivity index (χ1n) is 2.50. The Morgan fingerprint density at radius 3 is 2.23 bits per heavy atom. The van der Waals surface area contributed by atoms with Gasteiger partial charge < -0.3 is 14.9 Å². The molecular formula is C2H4NO9P. The summed E-state index contributed by atoms with van der Waals surface area (Å²) >= 11 is 0. The van der Waals surface area contributed by atoms with E-state index in [1.165, 1.54) is 0 Å². The first-order valence-corrected chi connectivity index (χ1v) is 4.03. The second kappa shape index (κ2) is 4.14. The quantitative estimate of drug-likeness (QED) is 0.220. The first-order chi connectivity index (χ1) is 5.72. The first kappa shape index (κ1) is 11.8. The normalized spacial score (nSPS) is 13.4. The molecule has 13 heavy (non-hydrogen) atoms. The van der Waals surface area contributed by atoms with Crippen LogP contribution in [-0.4, -0.2) is 32.2 Å². The van der Waals surface area contributed by atoms with E-state index in [-0.39, 0.29) is 0 Å². The van der Waals surface area contributed by atoms with Gasteiger partial charge in [-0.25, -0.2) is 13.9 Å². The van der Waals surface area contributed by atoms with E-state index in [9.17, 15) is 19.5 Å². The molecule has 0 aliphatic carbocycles. The number of carbonyl (C=O) groups is 1. The third-order valence-electron chi connectivity index (χ3n) is 0.616. The summed E-state index contributed by atoms with van der Waals surface area (Å²) in [4.78, 5) is 39.0. The molecule has 0 rings (SSSR count). The molecule has 0 aromatic heterocycles. The molecule has 10 nitrogen and oxygen atoms in total. The van der Waals surface area contributed by atoms with Gasteiger partial charge in [-0.15, -0.1) is 10.1 Å². The van der Waals surface area contributed by atoms with Crippen LogP contribution in [0.4, 0.5) is 0 Å². The molecule has 3 N–H and O–H groups in total. The van der Waals surface area contributed by atoms with Crippen molar-refractivity contribution in [1.29, 1.82) is 0 Å². The van der Waals surface area contributed by atoms with E-state index in [1.54, 1.807) is 0 Å². The number of hydrogen-bond donors (Lipinski definition) is 3. The van der Waals surface area contributed by atoms with Gasteiger partial charge >= 0.3 is 20.1 Å². The summed E-state index contributed by atoms with van der Waals surface area (Å²) in [5, 5.41) is 16.1. The number of carboxylic acid groups (broad SMARTS) is 1. The van der Waals surface area contributed by atoms with Gasteiger partial charge in [-0.2, -0.15) is 0 Å². The van der Waals surface area contributed by atoms with E-state index in [0.29, 0.717) is 0 Å². The molecule has 76 valence electrons. The van der Waals surface area contributed by atoms with Crippen LogP contribution < -0.4 is 0 Å². The smallest absolute Gasteiger partial charge is 0.472 e. The molecule has 0 heterocycles. The van der Waals surface area contributed by atoms with Crippen LogP contribution in [-0.2, 0) is 18.7 Å². The number of carboxylic acids is 1. The van der Waals surface area contributed by atoms with Crippen LogP contribution in [0.2, 0.25) is 0 Å². The molecule has 0 aromatic rings. The minimum Gasteiger partial charge on any atom is -0.478 e. The summed E-state index contributed by atoms with van der Waals surface area (Å²) in [6.45, 7) is 0. The minimum absolute atomic E-state index is 1.55. The fraction of sp³-hybridized carbons (Fsp3) is 0.500. The van der Waals surface area contributed by atoms with Gasteiger partial charge in [0.05, 0.1) is 0 Å². The molecule has 0 aromatic carbocycles. The van der Waals surface area contributed by atoms with Crippen LogP contribution in [0.5, 0.6) is 0 Å². The molecule has 0 saturated heterocycles. The highest BCUT2D eigenvalue weighted by atomic mass is 31.2. The molecule has 1 atom stereocenters. The van der Waals surface area contributed by atoms with E-state index in [0.717, 1.165) is 0 Å². The zero-order chi connectivity index (χ0) is 10.6. The predicted molar refractivity (Wildman–Crippen MR) is 32.6 cm³/mol. The highest BCUT2D eigenvalue weighted by Gasteiger charge is 2.31. The minimum atomic E-state index is -5.14. The Balaban J connectivity index is 4.36. The maximum atomic E-state index is 10.0. The number of rotatable bonds is 5. The topological polar surface area (TPSA) is 156 Å². The zero-order valence-electron chi connectivity index (χ0n) is 5.76. The van der Waals surface area contributed by atoms with E-state index in [2.05, 4.69) is 9.36 Å². The number of phosphoric ester groups is 1. The van der Waals surface area contributed by atoms with Gasteiger partial charge in [-0.1, -0.05) is 0 Å².